The Morgan fingerprint density at radius 3 is 2.94 bits per heavy atom. The number of halogens is 1. The summed E-state index contributed by atoms with van der Waals surface area (Å²) < 4.78 is 5.33. The Hall–Kier alpha value is -1.40. The van der Waals surface area contributed by atoms with E-state index in [0.29, 0.717) is 23.8 Å². The first kappa shape index (κ1) is 12.7. The molecule has 0 heterocycles. The smallest absolute Gasteiger partial charge is 0.138 e. The number of hydrogen-bond acceptors (Lipinski definition) is 3. The lowest BCUT2D eigenvalue weighted by Gasteiger charge is -2.09. The van der Waals surface area contributed by atoms with Crippen molar-refractivity contribution < 1.29 is 4.74 Å². The van der Waals surface area contributed by atoms with Crippen LogP contribution in [0.3, 0.4) is 0 Å². The van der Waals surface area contributed by atoms with E-state index in [1.54, 1.807) is 0 Å². The molecule has 4 heteroatoms. The van der Waals surface area contributed by atoms with Gasteiger partial charge < -0.3 is 10.1 Å². The molecule has 16 heavy (non-hydrogen) atoms. The zero-order valence-electron chi connectivity index (χ0n) is 9.29. The van der Waals surface area contributed by atoms with E-state index in [4.69, 9.17) is 21.6 Å². The molecule has 0 atom stereocenters. The summed E-state index contributed by atoms with van der Waals surface area (Å²) in [6.07, 6.45) is 1.40. The molecular formula is C12H15ClN2O. The summed E-state index contributed by atoms with van der Waals surface area (Å²) in [4.78, 5) is 0. The molecule has 1 aromatic rings. The fourth-order valence-electron chi connectivity index (χ4n) is 1.28. The number of nitriles is 1. The van der Waals surface area contributed by atoms with Gasteiger partial charge in [-0.15, -0.1) is 0 Å². The summed E-state index contributed by atoms with van der Waals surface area (Å²) in [5.41, 5.74) is 0.950. The monoisotopic (exact) mass is 238 g/mol. The molecule has 1 N–H and O–H groups in total. The summed E-state index contributed by atoms with van der Waals surface area (Å²) in [6, 6.07) is 7.70. The van der Waals surface area contributed by atoms with Crippen molar-refractivity contribution in [1.82, 2.24) is 0 Å². The standard InChI is InChI=1S/C12H15ClN2O/c1-2-16-12-6-5-10(9-11(12)13)15-8-4-3-7-14/h5-6,9,15H,2-4,8H2,1H3. The largest absolute Gasteiger partial charge is 0.492 e. The van der Waals surface area contributed by atoms with Crippen LogP contribution in [0.2, 0.25) is 5.02 Å². The van der Waals surface area contributed by atoms with E-state index in [0.717, 1.165) is 18.7 Å². The van der Waals surface area contributed by atoms with E-state index in [-0.39, 0.29) is 0 Å². The predicted molar refractivity (Wildman–Crippen MR) is 66.0 cm³/mol. The molecule has 1 aromatic carbocycles. The van der Waals surface area contributed by atoms with Gasteiger partial charge in [0.2, 0.25) is 0 Å². The molecule has 0 amide bonds. The molecular weight excluding hydrogens is 224 g/mol. The van der Waals surface area contributed by atoms with Crippen molar-refractivity contribution in [3.8, 4) is 11.8 Å². The van der Waals surface area contributed by atoms with Gasteiger partial charge in [0.05, 0.1) is 17.7 Å². The van der Waals surface area contributed by atoms with Gasteiger partial charge in [-0.05, 0) is 31.5 Å². The lowest BCUT2D eigenvalue weighted by atomic mass is 10.2. The van der Waals surface area contributed by atoms with Crippen molar-refractivity contribution in [2.45, 2.75) is 19.8 Å². The predicted octanol–water partition coefficient (Wildman–Crippen LogP) is 3.45. The van der Waals surface area contributed by atoms with Gasteiger partial charge in [0.15, 0.2) is 0 Å². The third-order valence-electron chi connectivity index (χ3n) is 2.03. The summed E-state index contributed by atoms with van der Waals surface area (Å²) in [6.45, 7) is 3.30. The van der Waals surface area contributed by atoms with Crippen LogP contribution in [-0.2, 0) is 0 Å². The van der Waals surface area contributed by atoms with Gasteiger partial charge in [-0.2, -0.15) is 5.26 Å². The first-order chi connectivity index (χ1) is 7.77. The normalized spacial score (nSPS) is 9.56. The van der Waals surface area contributed by atoms with E-state index >= 15 is 0 Å². The third kappa shape index (κ3) is 4.00. The van der Waals surface area contributed by atoms with Crippen LogP contribution in [0.4, 0.5) is 5.69 Å². The molecule has 0 aliphatic heterocycles. The van der Waals surface area contributed by atoms with Crippen molar-refractivity contribution in [3.63, 3.8) is 0 Å². The molecule has 0 saturated carbocycles. The summed E-state index contributed by atoms with van der Waals surface area (Å²) in [7, 11) is 0. The second kappa shape index (κ2) is 6.97. The van der Waals surface area contributed by atoms with Crippen molar-refractivity contribution >= 4 is 17.3 Å². The number of hydrogen-bond donors (Lipinski definition) is 1. The van der Waals surface area contributed by atoms with Gasteiger partial charge in [-0.1, -0.05) is 11.6 Å². The number of anilines is 1. The minimum Gasteiger partial charge on any atom is -0.492 e. The fraction of sp³-hybridized carbons (Fsp3) is 0.417. The van der Waals surface area contributed by atoms with Crippen LogP contribution in [0.5, 0.6) is 5.75 Å². The second-order valence-electron chi connectivity index (χ2n) is 3.27. The molecule has 86 valence electrons. The summed E-state index contributed by atoms with van der Waals surface area (Å²) in [5.74, 6) is 0.701. The number of ether oxygens (including phenoxy) is 1. The van der Waals surface area contributed by atoms with Gasteiger partial charge in [0.1, 0.15) is 5.75 Å². The lowest BCUT2D eigenvalue weighted by Crippen LogP contribution is -2.01. The van der Waals surface area contributed by atoms with Crippen LogP contribution >= 0.6 is 11.6 Å². The Morgan fingerprint density at radius 2 is 2.31 bits per heavy atom. The molecule has 0 radical (unpaired) electrons. The molecule has 0 spiro atoms. The minimum atomic E-state index is 0.567. The number of benzene rings is 1. The molecule has 0 saturated heterocycles. The zero-order chi connectivity index (χ0) is 11.8. The van der Waals surface area contributed by atoms with E-state index in [1.807, 2.05) is 25.1 Å². The number of nitrogens with zero attached hydrogens (tertiary/aromatic N) is 1. The topological polar surface area (TPSA) is 45.0 Å². The molecule has 1 rings (SSSR count). The fourth-order valence-corrected chi connectivity index (χ4v) is 1.52. The van der Waals surface area contributed by atoms with Crippen LogP contribution in [-0.4, -0.2) is 13.2 Å². The number of rotatable bonds is 6. The Balaban J connectivity index is 2.50. The summed E-state index contributed by atoms with van der Waals surface area (Å²) in [5, 5.41) is 12.2. The Bertz CT molecular complexity index is 374. The van der Waals surface area contributed by atoms with Gasteiger partial charge in [0.25, 0.3) is 0 Å². The van der Waals surface area contributed by atoms with Crippen LogP contribution in [0, 0.1) is 11.3 Å². The first-order valence-corrected chi connectivity index (χ1v) is 5.69. The van der Waals surface area contributed by atoms with Gasteiger partial charge in [-0.3, -0.25) is 0 Å². The van der Waals surface area contributed by atoms with Crippen molar-refractivity contribution in [2.75, 3.05) is 18.5 Å². The van der Waals surface area contributed by atoms with Crippen LogP contribution in [0.15, 0.2) is 18.2 Å². The Morgan fingerprint density at radius 1 is 1.50 bits per heavy atom. The second-order valence-corrected chi connectivity index (χ2v) is 3.67. The highest BCUT2D eigenvalue weighted by molar-refractivity contribution is 6.32. The lowest BCUT2D eigenvalue weighted by molar-refractivity contribution is 0.340. The average Bonchev–Trinajstić information content (AvgIpc) is 2.28. The molecule has 0 fully saturated rings. The summed E-state index contributed by atoms with van der Waals surface area (Å²) >= 11 is 6.03. The third-order valence-corrected chi connectivity index (χ3v) is 2.32. The Labute approximate surface area is 101 Å². The van der Waals surface area contributed by atoms with E-state index < -0.39 is 0 Å². The quantitative estimate of drug-likeness (QED) is 0.772. The highest BCUT2D eigenvalue weighted by Crippen LogP contribution is 2.27. The van der Waals surface area contributed by atoms with Crippen LogP contribution < -0.4 is 10.1 Å². The van der Waals surface area contributed by atoms with Crippen LogP contribution in [0.25, 0.3) is 0 Å². The van der Waals surface area contributed by atoms with Crippen molar-refractivity contribution in [3.05, 3.63) is 23.2 Å². The highest BCUT2D eigenvalue weighted by atomic mass is 35.5. The SMILES string of the molecule is CCOc1ccc(NCCCC#N)cc1Cl. The molecule has 0 bridgehead atoms. The molecule has 3 nitrogen and oxygen atoms in total. The molecule has 0 aliphatic carbocycles. The van der Waals surface area contributed by atoms with Crippen molar-refractivity contribution in [2.24, 2.45) is 0 Å². The average molecular weight is 239 g/mol. The molecule has 0 aliphatic rings. The molecule has 0 unspecified atom stereocenters. The zero-order valence-corrected chi connectivity index (χ0v) is 10.0. The minimum absolute atomic E-state index is 0.567. The highest BCUT2D eigenvalue weighted by Gasteiger charge is 2.01. The molecule has 0 aromatic heterocycles. The van der Waals surface area contributed by atoms with E-state index in [1.165, 1.54) is 0 Å². The maximum absolute atomic E-state index is 8.39. The maximum atomic E-state index is 8.39. The van der Waals surface area contributed by atoms with E-state index in [2.05, 4.69) is 11.4 Å². The van der Waals surface area contributed by atoms with Gasteiger partial charge >= 0.3 is 0 Å². The van der Waals surface area contributed by atoms with Gasteiger partial charge in [0, 0.05) is 18.7 Å². The number of nitrogens with one attached hydrogen (secondary N) is 1. The van der Waals surface area contributed by atoms with Crippen molar-refractivity contribution in [1.29, 1.82) is 5.26 Å². The van der Waals surface area contributed by atoms with Crippen LogP contribution in [0.1, 0.15) is 19.8 Å². The maximum Gasteiger partial charge on any atom is 0.138 e. The van der Waals surface area contributed by atoms with Gasteiger partial charge in [-0.25, -0.2) is 0 Å². The van der Waals surface area contributed by atoms with E-state index in [9.17, 15) is 0 Å². The first-order valence-electron chi connectivity index (χ1n) is 5.31. The number of unbranched alkanes of at least 4 members (excludes halogenated alkanes) is 1. The Kier molecular flexibility index (Phi) is 5.52.